The Balaban J connectivity index is 2.39. The van der Waals surface area contributed by atoms with E-state index in [0.717, 1.165) is 19.7 Å². The molecule has 1 aliphatic rings. The van der Waals surface area contributed by atoms with Gasteiger partial charge in [0.25, 0.3) is 0 Å². The largest absolute Gasteiger partial charge is 0.383 e. The summed E-state index contributed by atoms with van der Waals surface area (Å²) in [6, 6.07) is 0. The van der Waals surface area contributed by atoms with E-state index >= 15 is 0 Å². The highest BCUT2D eigenvalue weighted by Crippen LogP contribution is 2.29. The van der Waals surface area contributed by atoms with E-state index in [-0.39, 0.29) is 0 Å². The smallest absolute Gasteiger partial charge is 0.0589 e. The van der Waals surface area contributed by atoms with E-state index in [1.807, 2.05) is 0 Å². The minimum atomic E-state index is 0.355. The topological polar surface area (TPSA) is 12.5 Å². The molecule has 1 heterocycles. The van der Waals surface area contributed by atoms with Crippen LogP contribution in [0.15, 0.2) is 11.6 Å². The third kappa shape index (κ3) is 3.43. The van der Waals surface area contributed by atoms with Crippen molar-refractivity contribution in [2.24, 2.45) is 5.41 Å². The van der Waals surface area contributed by atoms with E-state index in [1.165, 1.54) is 13.0 Å². The van der Waals surface area contributed by atoms with E-state index < -0.39 is 0 Å². The highest BCUT2D eigenvalue weighted by atomic mass is 16.5. The van der Waals surface area contributed by atoms with Gasteiger partial charge in [-0.3, -0.25) is 4.90 Å². The summed E-state index contributed by atoms with van der Waals surface area (Å²) in [4.78, 5) is 2.44. The van der Waals surface area contributed by atoms with Gasteiger partial charge in [0.15, 0.2) is 0 Å². The fourth-order valence-corrected chi connectivity index (χ4v) is 1.82. The molecule has 0 bridgehead atoms. The molecule has 0 aliphatic carbocycles. The zero-order valence-electron chi connectivity index (χ0n) is 9.97. The van der Waals surface area contributed by atoms with Crippen molar-refractivity contribution in [1.82, 2.24) is 4.90 Å². The summed E-state index contributed by atoms with van der Waals surface area (Å²) >= 11 is 0. The second-order valence-electron chi connectivity index (χ2n) is 5.02. The Morgan fingerprint density at radius 3 is 2.57 bits per heavy atom. The summed E-state index contributed by atoms with van der Waals surface area (Å²) in [5.74, 6) is 0. The molecular formula is C12H23NO. The Hall–Kier alpha value is -0.340. The number of ether oxygens (including phenoxy) is 1. The molecule has 0 unspecified atom stereocenters. The molecule has 0 saturated heterocycles. The van der Waals surface area contributed by atoms with Crippen molar-refractivity contribution in [2.45, 2.75) is 27.2 Å². The van der Waals surface area contributed by atoms with Crippen LogP contribution in [-0.4, -0.2) is 38.3 Å². The lowest BCUT2D eigenvalue weighted by atomic mass is 9.83. The van der Waals surface area contributed by atoms with Crippen molar-refractivity contribution < 1.29 is 4.74 Å². The highest BCUT2D eigenvalue weighted by Gasteiger charge is 2.20. The first-order chi connectivity index (χ1) is 6.54. The fraction of sp³-hybridized carbons (Fsp3) is 0.833. The van der Waals surface area contributed by atoms with E-state index in [1.54, 1.807) is 12.7 Å². The van der Waals surface area contributed by atoms with Gasteiger partial charge in [0.2, 0.25) is 0 Å². The molecule has 1 aliphatic heterocycles. The van der Waals surface area contributed by atoms with Crippen molar-refractivity contribution in [3.05, 3.63) is 11.6 Å². The molecule has 0 N–H and O–H groups in total. The predicted octanol–water partition coefficient (Wildman–Crippen LogP) is 2.31. The molecule has 0 amide bonds. The molecule has 0 saturated carbocycles. The summed E-state index contributed by atoms with van der Waals surface area (Å²) in [7, 11) is 1.76. The van der Waals surface area contributed by atoms with Crippen LogP contribution < -0.4 is 0 Å². The van der Waals surface area contributed by atoms with Crippen LogP contribution in [0, 0.1) is 5.41 Å². The van der Waals surface area contributed by atoms with Crippen LogP contribution in [0.25, 0.3) is 0 Å². The molecule has 0 atom stereocenters. The van der Waals surface area contributed by atoms with Gasteiger partial charge >= 0.3 is 0 Å². The molecule has 0 aromatic heterocycles. The lowest BCUT2D eigenvalue weighted by molar-refractivity contribution is 0.150. The van der Waals surface area contributed by atoms with E-state index in [2.05, 4.69) is 31.7 Å². The van der Waals surface area contributed by atoms with Crippen molar-refractivity contribution in [2.75, 3.05) is 33.4 Å². The SMILES string of the molecule is COCCN1CC=C(C(C)(C)C)CC1. The molecule has 0 fully saturated rings. The Bertz CT molecular complexity index is 203. The van der Waals surface area contributed by atoms with Crippen LogP contribution in [0.2, 0.25) is 0 Å². The van der Waals surface area contributed by atoms with Gasteiger partial charge in [-0.2, -0.15) is 0 Å². The van der Waals surface area contributed by atoms with E-state index in [4.69, 9.17) is 4.74 Å². The Labute approximate surface area is 87.9 Å². The Morgan fingerprint density at radius 2 is 2.14 bits per heavy atom. The number of nitrogens with zero attached hydrogens (tertiary/aromatic N) is 1. The zero-order valence-corrected chi connectivity index (χ0v) is 9.97. The standard InChI is InChI=1S/C12H23NO/c1-12(2,3)11-5-7-13(8-6-11)9-10-14-4/h5H,6-10H2,1-4H3. The van der Waals surface area contributed by atoms with Gasteiger partial charge in [0, 0.05) is 26.7 Å². The minimum Gasteiger partial charge on any atom is -0.383 e. The maximum absolute atomic E-state index is 5.08. The normalized spacial score (nSPS) is 19.6. The lowest BCUT2D eigenvalue weighted by Gasteiger charge is -2.31. The first-order valence-electron chi connectivity index (χ1n) is 5.45. The molecule has 1 rings (SSSR count). The number of hydrogen-bond acceptors (Lipinski definition) is 2. The molecule has 0 spiro atoms. The van der Waals surface area contributed by atoms with Crippen LogP contribution in [0.3, 0.4) is 0 Å². The monoisotopic (exact) mass is 197 g/mol. The average molecular weight is 197 g/mol. The van der Waals surface area contributed by atoms with Gasteiger partial charge < -0.3 is 4.74 Å². The molecule has 14 heavy (non-hydrogen) atoms. The molecule has 82 valence electrons. The average Bonchev–Trinajstić information content (AvgIpc) is 2.14. The third-order valence-electron chi connectivity index (χ3n) is 2.87. The van der Waals surface area contributed by atoms with Gasteiger partial charge in [0.05, 0.1) is 6.61 Å². The first kappa shape index (κ1) is 11.7. The van der Waals surface area contributed by atoms with Crippen LogP contribution in [-0.2, 0) is 4.74 Å². The summed E-state index contributed by atoms with van der Waals surface area (Å²) in [5.41, 5.74) is 1.96. The van der Waals surface area contributed by atoms with Crippen LogP contribution in [0.4, 0.5) is 0 Å². The van der Waals surface area contributed by atoms with E-state index in [0.29, 0.717) is 5.41 Å². The Morgan fingerprint density at radius 1 is 1.43 bits per heavy atom. The van der Waals surface area contributed by atoms with Gasteiger partial charge in [-0.05, 0) is 11.8 Å². The van der Waals surface area contributed by atoms with Crippen molar-refractivity contribution in [3.8, 4) is 0 Å². The van der Waals surface area contributed by atoms with Crippen molar-refractivity contribution >= 4 is 0 Å². The summed E-state index contributed by atoms with van der Waals surface area (Å²) < 4.78 is 5.08. The molecule has 0 aromatic rings. The summed E-state index contributed by atoms with van der Waals surface area (Å²) in [6.07, 6.45) is 3.60. The minimum absolute atomic E-state index is 0.355. The number of rotatable bonds is 3. The fourth-order valence-electron chi connectivity index (χ4n) is 1.82. The van der Waals surface area contributed by atoms with Gasteiger partial charge in [-0.25, -0.2) is 0 Å². The van der Waals surface area contributed by atoms with Crippen molar-refractivity contribution in [1.29, 1.82) is 0 Å². The molecular weight excluding hydrogens is 174 g/mol. The van der Waals surface area contributed by atoms with Gasteiger partial charge in [-0.1, -0.05) is 32.4 Å². The second kappa shape index (κ2) is 4.94. The second-order valence-corrected chi connectivity index (χ2v) is 5.02. The molecule has 0 aromatic carbocycles. The number of hydrogen-bond donors (Lipinski definition) is 0. The van der Waals surface area contributed by atoms with Crippen molar-refractivity contribution in [3.63, 3.8) is 0 Å². The maximum atomic E-state index is 5.08. The molecule has 2 heteroatoms. The lowest BCUT2D eigenvalue weighted by Crippen LogP contribution is -2.33. The van der Waals surface area contributed by atoms with Crippen LogP contribution in [0.5, 0.6) is 0 Å². The third-order valence-corrected chi connectivity index (χ3v) is 2.87. The predicted molar refractivity (Wildman–Crippen MR) is 60.5 cm³/mol. The summed E-state index contributed by atoms with van der Waals surface area (Å²) in [5, 5.41) is 0. The highest BCUT2D eigenvalue weighted by molar-refractivity contribution is 5.14. The van der Waals surface area contributed by atoms with Gasteiger partial charge in [-0.15, -0.1) is 0 Å². The molecule has 0 radical (unpaired) electrons. The maximum Gasteiger partial charge on any atom is 0.0589 e. The zero-order chi connectivity index (χ0) is 10.6. The van der Waals surface area contributed by atoms with E-state index in [9.17, 15) is 0 Å². The Kier molecular flexibility index (Phi) is 4.14. The first-order valence-corrected chi connectivity index (χ1v) is 5.45. The molecule has 2 nitrogen and oxygen atoms in total. The summed E-state index contributed by atoms with van der Waals surface area (Å²) in [6.45, 7) is 11.1. The van der Waals surface area contributed by atoms with Crippen LogP contribution in [0.1, 0.15) is 27.2 Å². The van der Waals surface area contributed by atoms with Crippen LogP contribution >= 0.6 is 0 Å². The quantitative estimate of drug-likeness (QED) is 0.644. The number of methoxy groups -OCH3 is 1. The van der Waals surface area contributed by atoms with Gasteiger partial charge in [0.1, 0.15) is 0 Å².